The first-order chi connectivity index (χ1) is 4.35. The third kappa shape index (κ3) is 3.54. The van der Waals surface area contributed by atoms with E-state index in [9.17, 15) is 0 Å². The highest BCUT2D eigenvalue weighted by atomic mass is 14.7. The number of hydrogen-bond donors (Lipinski definition) is 0. The Morgan fingerprint density at radius 2 is 2.44 bits per heavy atom. The van der Waals surface area contributed by atoms with Crippen molar-refractivity contribution in [2.45, 2.75) is 20.3 Å². The monoisotopic (exact) mass is 121 g/mol. The summed E-state index contributed by atoms with van der Waals surface area (Å²) >= 11 is 0. The Morgan fingerprint density at radius 1 is 1.78 bits per heavy atom. The first kappa shape index (κ1) is 7.97. The highest BCUT2D eigenvalue weighted by Crippen LogP contribution is 1.99. The molecule has 0 bridgehead atoms. The Morgan fingerprint density at radius 3 is 2.78 bits per heavy atom. The van der Waals surface area contributed by atoms with E-state index in [-0.39, 0.29) is 0 Å². The summed E-state index contributed by atoms with van der Waals surface area (Å²) in [5, 5.41) is 0. The molecule has 0 aliphatic rings. The minimum Gasteiger partial charge on any atom is -0.265 e. The van der Waals surface area contributed by atoms with Gasteiger partial charge in [0, 0.05) is 18.0 Å². The Kier molecular flexibility index (Phi) is 4.53. The molecule has 0 aromatic heterocycles. The zero-order valence-electron chi connectivity index (χ0n) is 5.89. The van der Waals surface area contributed by atoms with Crippen LogP contribution in [0, 0.1) is 12.3 Å². The average Bonchev–Trinajstić information content (AvgIpc) is 1.88. The van der Waals surface area contributed by atoms with Gasteiger partial charge in [0.15, 0.2) is 0 Å². The van der Waals surface area contributed by atoms with Crippen LogP contribution in [0.25, 0.3) is 0 Å². The molecule has 0 fully saturated rings. The van der Waals surface area contributed by atoms with E-state index in [1.807, 2.05) is 13.8 Å². The van der Waals surface area contributed by atoms with Crippen LogP contribution in [-0.4, -0.2) is 6.21 Å². The van der Waals surface area contributed by atoms with Crippen molar-refractivity contribution in [2.24, 2.45) is 4.99 Å². The molecule has 0 spiro atoms. The number of rotatable bonds is 2. The van der Waals surface area contributed by atoms with Gasteiger partial charge in [0.2, 0.25) is 0 Å². The first-order valence-electron chi connectivity index (χ1n) is 2.99. The molecule has 0 rings (SSSR count). The SMILES string of the molecule is C#C/C=C(CC)\N=C/C. The third-order valence-corrected chi connectivity index (χ3v) is 0.907. The van der Waals surface area contributed by atoms with Crippen LogP contribution in [0.1, 0.15) is 20.3 Å². The molecule has 0 aliphatic heterocycles. The second-order valence-electron chi connectivity index (χ2n) is 1.54. The standard InChI is InChI=1S/C8H11N/c1-4-7-8(5-2)9-6-3/h1,6-7H,5H2,2-3H3/b8-7-,9-6-. The number of nitrogens with zero attached hydrogens (tertiary/aromatic N) is 1. The molecule has 0 saturated carbocycles. The molecule has 0 amide bonds. The smallest absolute Gasteiger partial charge is 0.0479 e. The largest absolute Gasteiger partial charge is 0.265 e. The Hall–Kier alpha value is -1.03. The highest BCUT2D eigenvalue weighted by Gasteiger charge is 1.82. The van der Waals surface area contributed by atoms with E-state index in [0.717, 1.165) is 12.1 Å². The maximum absolute atomic E-state index is 5.03. The first-order valence-corrected chi connectivity index (χ1v) is 2.99. The Labute approximate surface area is 56.5 Å². The van der Waals surface area contributed by atoms with Gasteiger partial charge in [-0.1, -0.05) is 12.8 Å². The molecule has 9 heavy (non-hydrogen) atoms. The highest BCUT2D eigenvalue weighted by molar-refractivity contribution is 5.55. The van der Waals surface area contributed by atoms with Crippen LogP contribution in [0.15, 0.2) is 16.8 Å². The summed E-state index contributed by atoms with van der Waals surface area (Å²) in [6.45, 7) is 3.90. The van der Waals surface area contributed by atoms with Gasteiger partial charge in [-0.05, 0) is 13.3 Å². The van der Waals surface area contributed by atoms with Crippen molar-refractivity contribution in [2.75, 3.05) is 0 Å². The molecular weight excluding hydrogens is 110 g/mol. The molecule has 0 heterocycles. The molecule has 48 valence electrons. The minimum absolute atomic E-state index is 0.897. The van der Waals surface area contributed by atoms with Gasteiger partial charge >= 0.3 is 0 Å². The summed E-state index contributed by atoms with van der Waals surface area (Å²) in [6.07, 6.45) is 9.36. The van der Waals surface area contributed by atoms with Gasteiger partial charge in [-0.25, -0.2) is 0 Å². The van der Waals surface area contributed by atoms with Crippen molar-refractivity contribution < 1.29 is 0 Å². The number of terminal acetylenes is 1. The van der Waals surface area contributed by atoms with Crippen LogP contribution in [0.4, 0.5) is 0 Å². The fourth-order valence-electron chi connectivity index (χ4n) is 0.493. The van der Waals surface area contributed by atoms with Crippen LogP contribution in [0.2, 0.25) is 0 Å². The van der Waals surface area contributed by atoms with Crippen molar-refractivity contribution in [1.29, 1.82) is 0 Å². The van der Waals surface area contributed by atoms with Crippen LogP contribution in [0.3, 0.4) is 0 Å². The van der Waals surface area contributed by atoms with Crippen molar-refractivity contribution in [3.63, 3.8) is 0 Å². The van der Waals surface area contributed by atoms with Gasteiger partial charge in [-0.3, -0.25) is 4.99 Å². The topological polar surface area (TPSA) is 12.4 Å². The fourth-order valence-corrected chi connectivity index (χ4v) is 0.493. The van der Waals surface area contributed by atoms with E-state index in [4.69, 9.17) is 6.42 Å². The zero-order valence-corrected chi connectivity index (χ0v) is 5.89. The van der Waals surface area contributed by atoms with Gasteiger partial charge in [-0.15, -0.1) is 6.42 Å². The molecule has 0 aromatic carbocycles. The quantitative estimate of drug-likeness (QED) is 0.391. The summed E-state index contributed by atoms with van der Waals surface area (Å²) in [4.78, 5) is 4.03. The molecular formula is C8H11N. The van der Waals surface area contributed by atoms with Gasteiger partial charge < -0.3 is 0 Å². The van der Waals surface area contributed by atoms with Crippen LogP contribution < -0.4 is 0 Å². The van der Waals surface area contributed by atoms with E-state index in [1.165, 1.54) is 0 Å². The van der Waals surface area contributed by atoms with Crippen molar-refractivity contribution >= 4 is 6.21 Å². The predicted octanol–water partition coefficient (Wildman–Crippen LogP) is 2.00. The molecule has 0 N–H and O–H groups in total. The summed E-state index contributed by atoms with van der Waals surface area (Å²) in [6, 6.07) is 0. The molecule has 1 nitrogen and oxygen atoms in total. The van der Waals surface area contributed by atoms with Gasteiger partial charge in [0.05, 0.1) is 0 Å². The number of hydrogen-bond acceptors (Lipinski definition) is 1. The summed E-state index contributed by atoms with van der Waals surface area (Å²) in [7, 11) is 0. The molecule has 0 aromatic rings. The third-order valence-electron chi connectivity index (χ3n) is 0.907. The van der Waals surface area contributed by atoms with E-state index in [2.05, 4.69) is 10.9 Å². The second kappa shape index (κ2) is 5.11. The average molecular weight is 121 g/mol. The van der Waals surface area contributed by atoms with E-state index < -0.39 is 0 Å². The van der Waals surface area contributed by atoms with Gasteiger partial charge in [0.1, 0.15) is 0 Å². The van der Waals surface area contributed by atoms with Crippen LogP contribution in [0.5, 0.6) is 0 Å². The lowest BCUT2D eigenvalue weighted by atomic mass is 10.3. The Balaban J connectivity index is 4.02. The number of allylic oxidation sites excluding steroid dienone is 2. The Bertz CT molecular complexity index is 158. The molecule has 0 atom stereocenters. The van der Waals surface area contributed by atoms with Crippen molar-refractivity contribution in [3.8, 4) is 12.3 Å². The normalized spacial score (nSPS) is 11.9. The summed E-state index contributed by atoms with van der Waals surface area (Å²) in [5.41, 5.74) is 0.958. The summed E-state index contributed by atoms with van der Waals surface area (Å²) in [5.74, 6) is 2.43. The van der Waals surface area contributed by atoms with E-state index >= 15 is 0 Å². The number of aliphatic imine (C=N–C) groups is 1. The second-order valence-corrected chi connectivity index (χ2v) is 1.54. The van der Waals surface area contributed by atoms with Gasteiger partial charge in [-0.2, -0.15) is 0 Å². The zero-order chi connectivity index (χ0) is 7.11. The molecule has 0 unspecified atom stereocenters. The van der Waals surface area contributed by atoms with E-state index in [1.54, 1.807) is 12.3 Å². The lowest BCUT2D eigenvalue weighted by Gasteiger charge is -1.89. The maximum atomic E-state index is 5.03. The lowest BCUT2D eigenvalue weighted by Crippen LogP contribution is -1.73. The molecule has 1 heteroatoms. The predicted molar refractivity (Wildman–Crippen MR) is 41.4 cm³/mol. The van der Waals surface area contributed by atoms with Crippen molar-refractivity contribution in [1.82, 2.24) is 0 Å². The van der Waals surface area contributed by atoms with Crippen molar-refractivity contribution in [3.05, 3.63) is 11.8 Å². The minimum atomic E-state index is 0.897. The lowest BCUT2D eigenvalue weighted by molar-refractivity contribution is 1.07. The maximum Gasteiger partial charge on any atom is 0.0479 e. The molecule has 0 saturated heterocycles. The van der Waals surface area contributed by atoms with Crippen LogP contribution in [-0.2, 0) is 0 Å². The molecule has 0 aliphatic carbocycles. The van der Waals surface area contributed by atoms with Crippen LogP contribution >= 0.6 is 0 Å². The summed E-state index contributed by atoms with van der Waals surface area (Å²) < 4.78 is 0. The molecule has 0 radical (unpaired) electrons. The van der Waals surface area contributed by atoms with Gasteiger partial charge in [0.25, 0.3) is 0 Å². The fraction of sp³-hybridized carbons (Fsp3) is 0.375. The van der Waals surface area contributed by atoms with E-state index in [0.29, 0.717) is 0 Å².